The molecule has 0 unspecified atom stereocenters. The van der Waals surface area contributed by atoms with Crippen LogP contribution in [0.4, 0.5) is 0 Å². The number of carbonyl (C=O) groups is 2. The summed E-state index contributed by atoms with van der Waals surface area (Å²) in [6, 6.07) is 10.9. The average Bonchev–Trinajstić information content (AvgIpc) is 3.23. The molecule has 0 bridgehead atoms. The normalized spacial score (nSPS) is 15.1. The monoisotopic (exact) mass is 299 g/mol. The van der Waals surface area contributed by atoms with Gasteiger partial charge in [0.1, 0.15) is 0 Å². The fourth-order valence-corrected chi connectivity index (χ4v) is 2.15. The summed E-state index contributed by atoms with van der Waals surface area (Å²) in [4.78, 5) is 24.6. The molecule has 0 saturated heterocycles. The molecule has 5 nitrogen and oxygen atoms in total. The van der Waals surface area contributed by atoms with Crippen LogP contribution in [0.2, 0.25) is 0 Å². The first-order valence-electron chi connectivity index (χ1n) is 7.25. The summed E-state index contributed by atoms with van der Waals surface area (Å²) >= 11 is 0. The lowest BCUT2D eigenvalue weighted by Gasteiger charge is -2.17. The molecule has 1 heterocycles. The molecule has 1 aromatic heterocycles. The van der Waals surface area contributed by atoms with E-state index in [4.69, 9.17) is 9.15 Å². The Morgan fingerprint density at radius 3 is 2.55 bits per heavy atom. The molecule has 1 fully saturated rings. The molecule has 1 aromatic carbocycles. The van der Waals surface area contributed by atoms with Crippen molar-refractivity contribution in [1.82, 2.24) is 5.32 Å². The number of aryl methyl sites for hydroxylation is 1. The van der Waals surface area contributed by atoms with Crippen LogP contribution in [0.1, 0.15) is 40.6 Å². The molecule has 2 aromatic rings. The van der Waals surface area contributed by atoms with Crippen molar-refractivity contribution < 1.29 is 18.7 Å². The lowest BCUT2D eigenvalue weighted by Crippen LogP contribution is -2.33. The zero-order valence-electron chi connectivity index (χ0n) is 12.2. The molecular formula is C17H17NO4. The molecule has 0 aliphatic heterocycles. The lowest BCUT2D eigenvalue weighted by molar-refractivity contribution is -0.130. The minimum atomic E-state index is -0.973. The zero-order valence-corrected chi connectivity index (χ0v) is 12.2. The van der Waals surface area contributed by atoms with Crippen LogP contribution >= 0.6 is 0 Å². The van der Waals surface area contributed by atoms with Gasteiger partial charge >= 0.3 is 5.97 Å². The molecule has 5 heteroatoms. The number of amides is 1. The van der Waals surface area contributed by atoms with Crippen LogP contribution in [0.25, 0.3) is 0 Å². The average molecular weight is 299 g/mol. The maximum Gasteiger partial charge on any atom is 0.375 e. The molecule has 114 valence electrons. The smallest absolute Gasteiger partial charge is 0.375 e. The van der Waals surface area contributed by atoms with E-state index >= 15 is 0 Å². The minimum Gasteiger partial charge on any atom is -0.457 e. The highest BCUT2D eigenvalue weighted by Gasteiger charge is 2.31. The molecule has 1 N–H and O–H groups in total. The van der Waals surface area contributed by atoms with E-state index in [2.05, 4.69) is 5.32 Å². The number of furan rings is 1. The third-order valence-electron chi connectivity index (χ3n) is 3.54. The molecule has 1 saturated carbocycles. The Morgan fingerprint density at radius 1 is 1.23 bits per heavy atom. The predicted molar refractivity (Wildman–Crippen MR) is 79.2 cm³/mol. The van der Waals surface area contributed by atoms with E-state index < -0.39 is 12.1 Å². The first-order chi connectivity index (χ1) is 10.6. The lowest BCUT2D eigenvalue weighted by atomic mass is 10.1. The summed E-state index contributed by atoms with van der Waals surface area (Å²) in [5.41, 5.74) is 1.32. The van der Waals surface area contributed by atoms with E-state index in [9.17, 15) is 9.59 Å². The quantitative estimate of drug-likeness (QED) is 0.862. The second kappa shape index (κ2) is 6.05. The van der Waals surface area contributed by atoms with Gasteiger partial charge in [-0.2, -0.15) is 0 Å². The summed E-state index contributed by atoms with van der Waals surface area (Å²) in [5, 5.41) is 2.87. The number of hydrogen-bond donors (Lipinski definition) is 1. The second-order valence-corrected chi connectivity index (χ2v) is 5.41. The van der Waals surface area contributed by atoms with Gasteiger partial charge < -0.3 is 14.5 Å². The largest absolute Gasteiger partial charge is 0.457 e. The number of ether oxygens (including phenoxy) is 1. The van der Waals surface area contributed by atoms with Gasteiger partial charge in [0.25, 0.3) is 5.91 Å². The maximum atomic E-state index is 12.4. The van der Waals surface area contributed by atoms with E-state index in [0.29, 0.717) is 11.1 Å². The Balaban J connectivity index is 1.80. The van der Waals surface area contributed by atoms with E-state index in [1.54, 1.807) is 37.3 Å². The Hall–Kier alpha value is -2.56. The van der Waals surface area contributed by atoms with Gasteiger partial charge in [-0.3, -0.25) is 4.79 Å². The third-order valence-corrected chi connectivity index (χ3v) is 3.54. The summed E-state index contributed by atoms with van der Waals surface area (Å²) in [6.45, 7) is 1.75. The van der Waals surface area contributed by atoms with E-state index in [-0.39, 0.29) is 17.7 Å². The zero-order chi connectivity index (χ0) is 15.5. The van der Waals surface area contributed by atoms with E-state index in [1.165, 1.54) is 6.26 Å². The summed E-state index contributed by atoms with van der Waals surface area (Å²) in [7, 11) is 0. The van der Waals surface area contributed by atoms with Crippen LogP contribution < -0.4 is 5.32 Å². The molecular weight excluding hydrogens is 282 g/mol. The van der Waals surface area contributed by atoms with Gasteiger partial charge in [-0.25, -0.2) is 4.79 Å². The molecule has 3 rings (SSSR count). The number of benzene rings is 1. The molecule has 0 radical (unpaired) electrons. The van der Waals surface area contributed by atoms with Crippen molar-refractivity contribution in [1.29, 1.82) is 0 Å². The highest BCUT2D eigenvalue weighted by atomic mass is 16.6. The molecule has 1 amide bonds. The Kier molecular flexibility index (Phi) is 3.96. The summed E-state index contributed by atoms with van der Waals surface area (Å²) in [5.74, 6) is -0.811. The van der Waals surface area contributed by atoms with Crippen LogP contribution in [0.5, 0.6) is 0 Å². The highest BCUT2D eigenvalue weighted by molar-refractivity contribution is 5.91. The Morgan fingerprint density at radius 2 is 1.95 bits per heavy atom. The van der Waals surface area contributed by atoms with Gasteiger partial charge in [0.05, 0.1) is 6.26 Å². The SMILES string of the molecule is Cc1ccoc1C(=O)O[C@H](C(=O)NC1CC1)c1ccccc1. The molecule has 1 atom stereocenters. The van der Waals surface area contributed by atoms with Crippen molar-refractivity contribution in [3.63, 3.8) is 0 Å². The topological polar surface area (TPSA) is 68.5 Å². The van der Waals surface area contributed by atoms with E-state index in [1.807, 2.05) is 6.07 Å². The van der Waals surface area contributed by atoms with Crippen LogP contribution in [-0.2, 0) is 9.53 Å². The van der Waals surface area contributed by atoms with Crippen LogP contribution in [0, 0.1) is 6.92 Å². The van der Waals surface area contributed by atoms with Crippen molar-refractivity contribution in [2.45, 2.75) is 31.9 Å². The van der Waals surface area contributed by atoms with Gasteiger partial charge in [-0.1, -0.05) is 30.3 Å². The third kappa shape index (κ3) is 3.19. The van der Waals surface area contributed by atoms with Crippen molar-refractivity contribution in [2.75, 3.05) is 0 Å². The number of esters is 1. The van der Waals surface area contributed by atoms with Crippen molar-refractivity contribution in [2.24, 2.45) is 0 Å². The van der Waals surface area contributed by atoms with Crippen molar-refractivity contribution >= 4 is 11.9 Å². The van der Waals surface area contributed by atoms with Crippen LogP contribution in [0.15, 0.2) is 47.1 Å². The van der Waals surface area contributed by atoms with Crippen LogP contribution in [-0.4, -0.2) is 17.9 Å². The highest BCUT2D eigenvalue weighted by Crippen LogP contribution is 2.24. The maximum absolute atomic E-state index is 12.4. The van der Waals surface area contributed by atoms with Crippen molar-refractivity contribution in [3.05, 3.63) is 59.5 Å². The second-order valence-electron chi connectivity index (χ2n) is 5.41. The first-order valence-corrected chi connectivity index (χ1v) is 7.25. The minimum absolute atomic E-state index is 0.125. The number of hydrogen-bond acceptors (Lipinski definition) is 4. The molecule has 22 heavy (non-hydrogen) atoms. The predicted octanol–water partition coefficient (Wildman–Crippen LogP) is 2.76. The van der Waals surface area contributed by atoms with Gasteiger partial charge in [-0.05, 0) is 25.8 Å². The fraction of sp³-hybridized carbons (Fsp3) is 0.294. The van der Waals surface area contributed by atoms with Crippen molar-refractivity contribution in [3.8, 4) is 0 Å². The van der Waals surface area contributed by atoms with Gasteiger partial charge in [0.15, 0.2) is 0 Å². The Labute approximate surface area is 128 Å². The summed E-state index contributed by atoms with van der Waals surface area (Å²) in [6.07, 6.45) is 2.39. The number of nitrogens with one attached hydrogen (secondary N) is 1. The molecule has 1 aliphatic carbocycles. The van der Waals surface area contributed by atoms with Gasteiger partial charge in [-0.15, -0.1) is 0 Å². The van der Waals surface area contributed by atoms with Crippen LogP contribution in [0.3, 0.4) is 0 Å². The standard InChI is InChI=1S/C17H17NO4/c1-11-9-10-21-14(11)17(20)22-15(12-5-3-2-4-6-12)16(19)18-13-7-8-13/h2-6,9-10,13,15H,7-8H2,1H3,(H,18,19)/t15-/m0/s1. The Bertz CT molecular complexity index is 673. The van der Waals surface area contributed by atoms with Gasteiger partial charge in [0.2, 0.25) is 11.9 Å². The molecule has 0 spiro atoms. The fourth-order valence-electron chi connectivity index (χ4n) is 2.15. The number of rotatable bonds is 5. The number of carbonyl (C=O) groups excluding carboxylic acids is 2. The first kappa shape index (κ1) is 14.4. The van der Waals surface area contributed by atoms with E-state index in [0.717, 1.165) is 12.8 Å². The molecule has 1 aliphatic rings. The van der Waals surface area contributed by atoms with Gasteiger partial charge in [0, 0.05) is 17.2 Å². The summed E-state index contributed by atoms with van der Waals surface area (Å²) < 4.78 is 10.5.